The van der Waals surface area contributed by atoms with Gasteiger partial charge in [-0.05, 0) is 73.4 Å². The van der Waals surface area contributed by atoms with E-state index in [-0.39, 0.29) is 36.2 Å². The summed E-state index contributed by atoms with van der Waals surface area (Å²) in [5.41, 5.74) is 2.14. The fourth-order valence-corrected chi connectivity index (χ4v) is 8.51. The SMILES string of the molecule is CS(=O)(=O)CCCn1c(CN2C(=O)C3(CCN(S(=O)(=O)c4ccc(F)cc4)CC3)c3ccccc32)nc2cc(Cl)ccc21. The summed E-state index contributed by atoms with van der Waals surface area (Å²) < 4.78 is 66.9. The zero-order valence-electron chi connectivity index (χ0n) is 23.4. The molecule has 9 nitrogen and oxygen atoms in total. The lowest BCUT2D eigenvalue weighted by atomic mass is 9.74. The van der Waals surface area contributed by atoms with E-state index >= 15 is 0 Å². The number of rotatable bonds is 8. The number of benzene rings is 3. The summed E-state index contributed by atoms with van der Waals surface area (Å²) in [6, 6.07) is 17.6. The second-order valence-electron chi connectivity index (χ2n) is 11.1. The van der Waals surface area contributed by atoms with Crippen LogP contribution in [0.2, 0.25) is 5.02 Å². The minimum absolute atomic E-state index is 0.0134. The van der Waals surface area contributed by atoms with E-state index in [2.05, 4.69) is 0 Å². The molecule has 6 rings (SSSR count). The fourth-order valence-electron chi connectivity index (χ4n) is 6.25. The molecular formula is C30H30ClFN4O5S2. The molecule has 4 aromatic rings. The molecule has 0 radical (unpaired) electrons. The van der Waals surface area contributed by atoms with Gasteiger partial charge in [-0.1, -0.05) is 29.8 Å². The van der Waals surface area contributed by atoms with Crippen molar-refractivity contribution in [3.05, 3.63) is 89.0 Å². The first-order chi connectivity index (χ1) is 20.4. The summed E-state index contributed by atoms with van der Waals surface area (Å²) in [6.07, 6.45) is 2.17. The lowest BCUT2D eigenvalue weighted by molar-refractivity contribution is -0.124. The number of carbonyl (C=O) groups is 1. The monoisotopic (exact) mass is 644 g/mol. The first-order valence-corrected chi connectivity index (χ1v) is 17.8. The maximum atomic E-state index is 14.3. The number of imidazole rings is 1. The van der Waals surface area contributed by atoms with Crippen molar-refractivity contribution in [2.75, 3.05) is 30.0 Å². The number of fused-ring (bicyclic) bond motifs is 3. The standard InChI is InChI=1S/C30H30ClFN4O5S2/c1-42(38,39)18-4-15-35-27-12-7-21(31)19-25(27)33-28(35)20-36-26-6-3-2-5-24(26)30(29(36)37)13-16-34(17-14-30)43(40,41)23-10-8-22(32)9-11-23/h2-3,5-12,19H,4,13-18,20H2,1H3. The van der Waals surface area contributed by atoms with Gasteiger partial charge in [-0.15, -0.1) is 0 Å². The molecule has 0 unspecified atom stereocenters. The summed E-state index contributed by atoms with van der Waals surface area (Å²) in [6.45, 7) is 0.818. The highest BCUT2D eigenvalue weighted by molar-refractivity contribution is 7.90. The zero-order valence-corrected chi connectivity index (χ0v) is 25.8. The van der Waals surface area contributed by atoms with Crippen LogP contribution < -0.4 is 4.90 Å². The molecule has 2 aliphatic rings. The Morgan fingerprint density at radius 3 is 2.37 bits per heavy atom. The molecular weight excluding hydrogens is 615 g/mol. The number of sulfone groups is 1. The highest BCUT2D eigenvalue weighted by Crippen LogP contribution is 2.49. The van der Waals surface area contributed by atoms with Crippen molar-refractivity contribution in [1.29, 1.82) is 0 Å². The van der Waals surface area contributed by atoms with Crippen molar-refractivity contribution in [2.24, 2.45) is 0 Å². The molecule has 13 heteroatoms. The van der Waals surface area contributed by atoms with Crippen LogP contribution >= 0.6 is 11.6 Å². The van der Waals surface area contributed by atoms with Crippen molar-refractivity contribution in [3.63, 3.8) is 0 Å². The van der Waals surface area contributed by atoms with E-state index in [9.17, 15) is 26.0 Å². The smallest absolute Gasteiger partial charge is 0.243 e. The van der Waals surface area contributed by atoms with Crippen LogP contribution in [0.25, 0.3) is 11.0 Å². The number of nitrogens with zero attached hydrogens (tertiary/aromatic N) is 4. The average molecular weight is 645 g/mol. The number of aryl methyl sites for hydroxylation is 1. The van der Waals surface area contributed by atoms with Crippen molar-refractivity contribution in [1.82, 2.24) is 13.9 Å². The average Bonchev–Trinajstić information content (AvgIpc) is 3.41. The molecule has 0 saturated carbocycles. The van der Waals surface area contributed by atoms with Crippen LogP contribution in [0, 0.1) is 5.82 Å². The Labute approximate surface area is 254 Å². The number of hydrogen-bond acceptors (Lipinski definition) is 6. The van der Waals surface area contributed by atoms with Crippen LogP contribution in [0.4, 0.5) is 10.1 Å². The molecule has 1 saturated heterocycles. The Hall–Kier alpha value is -3.32. The van der Waals surface area contributed by atoms with Gasteiger partial charge in [0.25, 0.3) is 0 Å². The Morgan fingerprint density at radius 2 is 1.67 bits per heavy atom. The number of piperidine rings is 1. The van der Waals surface area contributed by atoms with Crippen LogP contribution in [0.1, 0.15) is 30.7 Å². The first-order valence-electron chi connectivity index (χ1n) is 13.9. The van der Waals surface area contributed by atoms with Crippen LogP contribution in [-0.4, -0.2) is 61.7 Å². The first kappa shape index (κ1) is 29.7. The molecule has 2 aliphatic heterocycles. The number of amides is 1. The molecule has 1 aromatic heterocycles. The van der Waals surface area contributed by atoms with E-state index in [0.29, 0.717) is 42.2 Å². The number of para-hydroxylation sites is 1. The number of carbonyl (C=O) groups excluding carboxylic acids is 1. The molecule has 0 atom stereocenters. The van der Waals surface area contributed by atoms with Crippen molar-refractivity contribution in [3.8, 4) is 0 Å². The molecule has 1 fully saturated rings. The molecule has 226 valence electrons. The van der Waals surface area contributed by atoms with Gasteiger partial charge >= 0.3 is 0 Å². The normalized spacial score (nSPS) is 17.2. The van der Waals surface area contributed by atoms with Crippen LogP contribution in [0.3, 0.4) is 0 Å². The molecule has 3 heterocycles. The zero-order chi connectivity index (χ0) is 30.6. The Kier molecular flexibility index (Phi) is 7.60. The number of anilines is 1. The minimum atomic E-state index is -3.85. The summed E-state index contributed by atoms with van der Waals surface area (Å²) in [5.74, 6) is -0.0227. The van der Waals surface area contributed by atoms with Crippen molar-refractivity contribution < 1.29 is 26.0 Å². The minimum Gasteiger partial charge on any atom is -0.326 e. The van der Waals surface area contributed by atoms with Crippen LogP contribution in [-0.2, 0) is 43.2 Å². The van der Waals surface area contributed by atoms with Gasteiger partial charge in [0.1, 0.15) is 21.5 Å². The van der Waals surface area contributed by atoms with E-state index in [4.69, 9.17) is 16.6 Å². The highest BCUT2D eigenvalue weighted by atomic mass is 35.5. The lowest BCUT2D eigenvalue weighted by Gasteiger charge is -2.37. The van der Waals surface area contributed by atoms with Gasteiger partial charge in [-0.25, -0.2) is 26.2 Å². The number of aromatic nitrogens is 2. The van der Waals surface area contributed by atoms with Crippen LogP contribution in [0.5, 0.6) is 0 Å². The topological polar surface area (TPSA) is 110 Å². The van der Waals surface area contributed by atoms with Crippen LogP contribution in [0.15, 0.2) is 71.6 Å². The van der Waals surface area contributed by atoms with E-state index in [1.54, 1.807) is 17.0 Å². The Bertz CT molecular complexity index is 1940. The third kappa shape index (κ3) is 5.45. The summed E-state index contributed by atoms with van der Waals surface area (Å²) in [5, 5.41) is 0.517. The second-order valence-corrected chi connectivity index (χ2v) is 15.8. The van der Waals surface area contributed by atoms with E-state index in [1.165, 1.54) is 22.7 Å². The summed E-state index contributed by atoms with van der Waals surface area (Å²) in [7, 11) is -7.01. The largest absolute Gasteiger partial charge is 0.326 e. The maximum Gasteiger partial charge on any atom is 0.243 e. The molecule has 43 heavy (non-hydrogen) atoms. The molecule has 0 bridgehead atoms. The summed E-state index contributed by atoms with van der Waals surface area (Å²) >= 11 is 6.24. The second kappa shape index (κ2) is 11.0. The van der Waals surface area contributed by atoms with E-state index < -0.39 is 31.1 Å². The highest BCUT2D eigenvalue weighted by Gasteiger charge is 2.53. The molecule has 1 spiro atoms. The van der Waals surface area contributed by atoms with Gasteiger partial charge in [0.2, 0.25) is 15.9 Å². The Morgan fingerprint density at radius 1 is 0.977 bits per heavy atom. The Balaban J connectivity index is 1.30. The third-order valence-electron chi connectivity index (χ3n) is 8.38. The van der Waals surface area contributed by atoms with E-state index in [1.807, 2.05) is 34.9 Å². The summed E-state index contributed by atoms with van der Waals surface area (Å²) in [4.78, 5) is 20.8. The third-order valence-corrected chi connectivity index (χ3v) is 11.6. The van der Waals surface area contributed by atoms with Gasteiger partial charge in [-0.2, -0.15) is 4.31 Å². The number of halogens is 2. The van der Waals surface area contributed by atoms with Gasteiger partial charge in [0, 0.05) is 36.6 Å². The number of hydrogen-bond donors (Lipinski definition) is 0. The van der Waals surface area contributed by atoms with Gasteiger partial charge in [0.05, 0.1) is 33.6 Å². The van der Waals surface area contributed by atoms with E-state index in [0.717, 1.165) is 28.9 Å². The van der Waals surface area contributed by atoms with Crippen molar-refractivity contribution in [2.45, 2.75) is 42.7 Å². The van der Waals surface area contributed by atoms with Gasteiger partial charge < -0.3 is 9.47 Å². The molecule has 0 aliphatic carbocycles. The van der Waals surface area contributed by atoms with Crippen molar-refractivity contribution >= 4 is 54.1 Å². The quantitative estimate of drug-likeness (QED) is 0.279. The van der Waals surface area contributed by atoms with Gasteiger partial charge in [-0.3, -0.25) is 4.79 Å². The molecule has 3 aromatic carbocycles. The lowest BCUT2D eigenvalue weighted by Crippen LogP contribution is -2.50. The predicted molar refractivity (Wildman–Crippen MR) is 163 cm³/mol. The molecule has 1 amide bonds. The molecule has 0 N–H and O–H groups in total. The fraction of sp³-hybridized carbons (Fsp3) is 0.333. The van der Waals surface area contributed by atoms with Gasteiger partial charge in [0.15, 0.2) is 0 Å². The predicted octanol–water partition coefficient (Wildman–Crippen LogP) is 4.53. The number of sulfonamides is 1. The maximum absolute atomic E-state index is 14.3.